The van der Waals surface area contributed by atoms with E-state index in [2.05, 4.69) is 0 Å². The van der Waals surface area contributed by atoms with Crippen LogP contribution in [0.15, 0.2) is 22.0 Å². The van der Waals surface area contributed by atoms with Gasteiger partial charge in [0.1, 0.15) is 0 Å². The van der Waals surface area contributed by atoms with Gasteiger partial charge in [-0.25, -0.2) is 4.21 Å². The van der Waals surface area contributed by atoms with Crippen molar-refractivity contribution in [1.82, 2.24) is 4.98 Å². The molecular weight excluding hydrogens is 221 g/mol. The molecule has 1 atom stereocenters. The van der Waals surface area contributed by atoms with Crippen LogP contribution in [0.3, 0.4) is 0 Å². The molecule has 0 aliphatic heterocycles. The van der Waals surface area contributed by atoms with Crippen molar-refractivity contribution in [3.63, 3.8) is 0 Å². The summed E-state index contributed by atoms with van der Waals surface area (Å²) in [5.74, 6) is 0. The predicted molar refractivity (Wildman–Crippen MR) is 43.9 cm³/mol. The minimum Gasteiger partial charge on any atom is -0.394 e. The highest BCUT2D eigenvalue weighted by molar-refractivity contribution is 7.86. The van der Waals surface area contributed by atoms with Gasteiger partial charge in [0.25, 0.3) is 5.56 Å². The van der Waals surface area contributed by atoms with Gasteiger partial charge in [-0.2, -0.15) is 13.2 Å². The molecule has 0 radical (unpaired) electrons. The van der Waals surface area contributed by atoms with E-state index in [1.807, 2.05) is 4.98 Å². The average Bonchev–Trinajstić information content (AvgIpc) is 2.07. The van der Waals surface area contributed by atoms with Crippen LogP contribution in [0.5, 0.6) is 0 Å². The number of hydrogen-bond acceptors (Lipinski definition) is 3. The molecule has 0 fully saturated rings. The van der Waals surface area contributed by atoms with E-state index in [-0.39, 0.29) is 0 Å². The van der Waals surface area contributed by atoms with Crippen LogP contribution >= 0.6 is 0 Å². The van der Waals surface area contributed by atoms with Gasteiger partial charge in [0.05, 0.1) is 10.6 Å². The highest BCUT2D eigenvalue weighted by atomic mass is 32.2. The molecule has 3 N–H and O–H groups in total. The number of aromatic nitrogens is 1. The topological polar surface area (TPSA) is 76.0 Å². The first kappa shape index (κ1) is 10.8. The number of nitrogen functional groups attached to an aromatic ring is 1. The number of rotatable bonds is 1. The lowest BCUT2D eigenvalue weighted by Crippen LogP contribution is -2.19. The molecule has 1 rings (SSSR count). The molecule has 0 aromatic carbocycles. The molecule has 0 unspecified atom stereocenters. The summed E-state index contributed by atoms with van der Waals surface area (Å²) >= 11 is 0. The molecule has 4 nitrogen and oxygen atoms in total. The number of H-pyrrole nitrogens is 1. The zero-order valence-electron chi connectivity index (χ0n) is 6.59. The SMILES string of the molecule is Nc1cc([S@@](=O)C(F)(F)F)c[nH]c1=O. The van der Waals surface area contributed by atoms with Gasteiger partial charge in [0.15, 0.2) is 10.8 Å². The molecule has 14 heavy (non-hydrogen) atoms. The van der Waals surface area contributed by atoms with E-state index in [1.165, 1.54) is 0 Å². The molecule has 0 bridgehead atoms. The Balaban J connectivity index is 3.16. The number of pyridine rings is 1. The second kappa shape index (κ2) is 3.45. The second-order valence-electron chi connectivity index (χ2n) is 2.33. The molecule has 8 heteroatoms. The van der Waals surface area contributed by atoms with Crippen molar-refractivity contribution in [2.45, 2.75) is 10.4 Å². The maximum Gasteiger partial charge on any atom is 0.475 e. The van der Waals surface area contributed by atoms with Crippen molar-refractivity contribution in [1.29, 1.82) is 0 Å². The predicted octanol–water partition coefficient (Wildman–Crippen LogP) is 0.585. The summed E-state index contributed by atoms with van der Waals surface area (Å²) < 4.78 is 46.5. The molecule has 0 aliphatic rings. The van der Waals surface area contributed by atoms with E-state index in [0.717, 1.165) is 12.3 Å². The van der Waals surface area contributed by atoms with E-state index in [4.69, 9.17) is 5.73 Å². The van der Waals surface area contributed by atoms with Gasteiger partial charge in [-0.05, 0) is 6.07 Å². The Morgan fingerprint density at radius 1 is 1.43 bits per heavy atom. The minimum absolute atomic E-state index is 0.403. The van der Waals surface area contributed by atoms with Gasteiger partial charge in [-0.1, -0.05) is 0 Å². The van der Waals surface area contributed by atoms with E-state index >= 15 is 0 Å². The molecule has 0 spiro atoms. The zero-order chi connectivity index (χ0) is 10.9. The molecule has 1 aromatic rings. The summed E-state index contributed by atoms with van der Waals surface area (Å²) in [4.78, 5) is 12.1. The Morgan fingerprint density at radius 3 is 2.43 bits per heavy atom. The molecule has 0 aliphatic carbocycles. The lowest BCUT2D eigenvalue weighted by atomic mass is 10.4. The van der Waals surface area contributed by atoms with Crippen LogP contribution in [-0.2, 0) is 10.8 Å². The van der Waals surface area contributed by atoms with Crippen LogP contribution < -0.4 is 11.3 Å². The molecular formula is C6H5F3N2O2S. The number of alkyl halides is 3. The lowest BCUT2D eigenvalue weighted by molar-refractivity contribution is -0.0384. The maximum atomic E-state index is 11.9. The van der Waals surface area contributed by atoms with Crippen molar-refractivity contribution >= 4 is 16.5 Å². The van der Waals surface area contributed by atoms with Gasteiger partial charge in [0.2, 0.25) is 0 Å². The summed E-state index contributed by atoms with van der Waals surface area (Å²) in [6.07, 6.45) is 0.724. The lowest BCUT2D eigenvalue weighted by Gasteiger charge is -2.05. The summed E-state index contributed by atoms with van der Waals surface area (Å²) in [7, 11) is -3.17. The second-order valence-corrected chi connectivity index (χ2v) is 3.81. The van der Waals surface area contributed by atoms with Crippen LogP contribution in [0, 0.1) is 0 Å². The van der Waals surface area contributed by atoms with E-state index in [0.29, 0.717) is 0 Å². The molecule has 0 amide bonds. The van der Waals surface area contributed by atoms with Gasteiger partial charge in [0, 0.05) is 6.20 Å². The molecule has 0 saturated heterocycles. The third kappa shape index (κ3) is 2.13. The number of nitrogens with one attached hydrogen (secondary N) is 1. The van der Waals surface area contributed by atoms with Crippen molar-refractivity contribution in [2.24, 2.45) is 0 Å². The molecule has 0 saturated carbocycles. The van der Waals surface area contributed by atoms with Crippen LogP contribution in [0.2, 0.25) is 0 Å². The normalized spacial score (nSPS) is 13.9. The first-order chi connectivity index (χ1) is 6.32. The third-order valence-electron chi connectivity index (χ3n) is 1.33. The minimum atomic E-state index is -4.86. The quantitative estimate of drug-likeness (QED) is 0.735. The number of anilines is 1. The Morgan fingerprint density at radius 2 is 2.00 bits per heavy atom. The Bertz CT molecular complexity index is 426. The first-order valence-corrected chi connectivity index (χ1v) is 4.44. The smallest absolute Gasteiger partial charge is 0.394 e. The summed E-state index contributed by atoms with van der Waals surface area (Å²) in [5, 5.41) is 0. The number of hydrogen-bond donors (Lipinski definition) is 2. The maximum absolute atomic E-state index is 11.9. The van der Waals surface area contributed by atoms with Gasteiger partial charge >= 0.3 is 5.51 Å². The highest BCUT2D eigenvalue weighted by Gasteiger charge is 2.38. The van der Waals surface area contributed by atoms with Crippen LogP contribution in [-0.4, -0.2) is 14.7 Å². The number of halogens is 3. The van der Waals surface area contributed by atoms with Gasteiger partial charge in [-0.3, -0.25) is 4.79 Å². The van der Waals surface area contributed by atoms with Gasteiger partial charge < -0.3 is 10.7 Å². The zero-order valence-corrected chi connectivity index (χ0v) is 7.41. The average molecular weight is 226 g/mol. The monoisotopic (exact) mass is 226 g/mol. The largest absolute Gasteiger partial charge is 0.475 e. The highest BCUT2D eigenvalue weighted by Crippen LogP contribution is 2.25. The Labute approximate surface area is 78.4 Å². The van der Waals surface area contributed by atoms with E-state index < -0.39 is 32.5 Å². The summed E-state index contributed by atoms with van der Waals surface area (Å²) in [6, 6.07) is 0.739. The summed E-state index contributed by atoms with van der Waals surface area (Å²) in [5.41, 5.74) is -0.918. The fraction of sp³-hybridized carbons (Fsp3) is 0.167. The van der Waals surface area contributed by atoms with Gasteiger partial charge in [-0.15, -0.1) is 0 Å². The van der Waals surface area contributed by atoms with E-state index in [1.54, 1.807) is 0 Å². The fourth-order valence-corrected chi connectivity index (χ4v) is 1.39. The first-order valence-electron chi connectivity index (χ1n) is 3.29. The third-order valence-corrected chi connectivity index (χ3v) is 2.41. The Hall–Kier alpha value is -1.31. The van der Waals surface area contributed by atoms with Crippen LogP contribution in [0.25, 0.3) is 0 Å². The molecule has 78 valence electrons. The van der Waals surface area contributed by atoms with Crippen molar-refractivity contribution in [3.8, 4) is 0 Å². The summed E-state index contributed by atoms with van der Waals surface area (Å²) in [6.45, 7) is 0. The number of nitrogens with two attached hydrogens (primary N) is 1. The van der Waals surface area contributed by atoms with E-state index in [9.17, 15) is 22.2 Å². The van der Waals surface area contributed by atoms with Crippen LogP contribution in [0.4, 0.5) is 18.9 Å². The molecule has 1 heterocycles. The van der Waals surface area contributed by atoms with Crippen LogP contribution in [0.1, 0.15) is 0 Å². The van der Waals surface area contributed by atoms with Crippen molar-refractivity contribution < 1.29 is 17.4 Å². The Kier molecular flexibility index (Phi) is 2.65. The fourth-order valence-electron chi connectivity index (χ4n) is 0.721. The standard InChI is InChI=1S/C6H5F3N2O2S/c7-6(8,9)14(13)3-1-4(10)5(12)11-2-3/h1-2H,10H2,(H,11,12)/t14-/m1/s1. The molecule has 1 aromatic heterocycles. The van der Waals surface area contributed by atoms with Crippen molar-refractivity contribution in [3.05, 3.63) is 22.6 Å². The van der Waals surface area contributed by atoms with Crippen molar-refractivity contribution in [2.75, 3.05) is 5.73 Å². The number of aromatic amines is 1.